The van der Waals surface area contributed by atoms with Gasteiger partial charge < -0.3 is 15.2 Å². The Morgan fingerprint density at radius 3 is 2.79 bits per heavy atom. The van der Waals surface area contributed by atoms with Crippen LogP contribution in [-0.4, -0.2) is 45.5 Å². The number of aromatic amines is 2. The lowest BCUT2D eigenvalue weighted by Gasteiger charge is -2.27. The van der Waals surface area contributed by atoms with Crippen molar-refractivity contribution in [1.29, 1.82) is 0 Å². The van der Waals surface area contributed by atoms with Gasteiger partial charge in [0.15, 0.2) is 5.69 Å². The molecule has 4 rings (SSSR count). The molecule has 1 aromatic carbocycles. The van der Waals surface area contributed by atoms with Gasteiger partial charge in [-0.3, -0.25) is 14.7 Å². The number of amides is 2. The van der Waals surface area contributed by atoms with Gasteiger partial charge in [-0.15, -0.1) is 0 Å². The lowest BCUT2D eigenvalue weighted by atomic mass is 10.0. The van der Waals surface area contributed by atoms with Crippen molar-refractivity contribution >= 4 is 22.7 Å². The second-order valence-corrected chi connectivity index (χ2v) is 7.58. The molecule has 0 saturated heterocycles. The van der Waals surface area contributed by atoms with Crippen LogP contribution in [0.2, 0.25) is 0 Å². The lowest BCUT2D eigenvalue weighted by molar-refractivity contribution is -0.131. The second kappa shape index (κ2) is 6.82. The average Bonchev–Trinajstić information content (AvgIpc) is 3.22. The summed E-state index contributed by atoms with van der Waals surface area (Å²) in [5, 5.41) is 10.8. The predicted octanol–water partition coefficient (Wildman–Crippen LogP) is 2.30. The Bertz CT molecular complexity index is 1090. The summed E-state index contributed by atoms with van der Waals surface area (Å²) in [6, 6.07) is 4.29. The number of fused-ring (bicyclic) bond motifs is 2. The van der Waals surface area contributed by atoms with E-state index in [1.54, 1.807) is 7.05 Å². The summed E-state index contributed by atoms with van der Waals surface area (Å²) in [5.41, 5.74) is 7.70. The van der Waals surface area contributed by atoms with Gasteiger partial charge >= 0.3 is 0 Å². The van der Waals surface area contributed by atoms with E-state index < -0.39 is 0 Å². The molecule has 146 valence electrons. The first kappa shape index (κ1) is 18.3. The van der Waals surface area contributed by atoms with Crippen LogP contribution in [0.4, 0.5) is 0 Å². The predicted molar refractivity (Wildman–Crippen MR) is 107 cm³/mol. The van der Waals surface area contributed by atoms with Gasteiger partial charge in [0, 0.05) is 54.4 Å². The Hall–Kier alpha value is -3.09. The maximum absolute atomic E-state index is 13.1. The van der Waals surface area contributed by atoms with Gasteiger partial charge in [-0.25, -0.2) is 0 Å². The molecule has 3 heterocycles. The number of aryl methyl sites for hydroxylation is 3. The number of H-pyrrole nitrogens is 2. The summed E-state index contributed by atoms with van der Waals surface area (Å²) < 4.78 is 0. The van der Waals surface area contributed by atoms with Gasteiger partial charge in [-0.2, -0.15) is 5.10 Å². The SMILES string of the molecule is CNC(=O)c1n[nH]c2c1CN(C(=O)Cc1c(C)[nH]c3c(C)cc(C)cc13)CC2. The fraction of sp³-hybridized carbons (Fsp3) is 0.381. The Morgan fingerprint density at radius 2 is 2.04 bits per heavy atom. The van der Waals surface area contributed by atoms with E-state index in [0.29, 0.717) is 31.6 Å². The van der Waals surface area contributed by atoms with Crippen molar-refractivity contribution in [3.63, 3.8) is 0 Å². The van der Waals surface area contributed by atoms with Crippen LogP contribution in [0.15, 0.2) is 12.1 Å². The molecule has 1 aliphatic rings. The first-order valence-corrected chi connectivity index (χ1v) is 9.53. The zero-order chi connectivity index (χ0) is 20.0. The Kier molecular flexibility index (Phi) is 4.45. The monoisotopic (exact) mass is 379 g/mol. The summed E-state index contributed by atoms with van der Waals surface area (Å²) in [5.74, 6) is -0.164. The molecule has 0 spiro atoms. The van der Waals surface area contributed by atoms with Crippen molar-refractivity contribution in [2.75, 3.05) is 13.6 Å². The molecule has 0 bridgehead atoms. The highest BCUT2D eigenvalue weighted by Crippen LogP contribution is 2.28. The van der Waals surface area contributed by atoms with Gasteiger partial charge in [-0.1, -0.05) is 11.6 Å². The highest BCUT2D eigenvalue weighted by atomic mass is 16.2. The van der Waals surface area contributed by atoms with Gasteiger partial charge in [-0.05, 0) is 38.0 Å². The zero-order valence-electron chi connectivity index (χ0n) is 16.7. The van der Waals surface area contributed by atoms with Crippen LogP contribution in [0, 0.1) is 20.8 Å². The third-order valence-corrected chi connectivity index (χ3v) is 5.63. The number of hydrogen-bond donors (Lipinski definition) is 3. The summed E-state index contributed by atoms with van der Waals surface area (Å²) in [6.45, 7) is 7.22. The van der Waals surface area contributed by atoms with Crippen LogP contribution in [0.3, 0.4) is 0 Å². The van der Waals surface area contributed by atoms with Crippen molar-refractivity contribution in [1.82, 2.24) is 25.4 Å². The molecule has 7 nitrogen and oxygen atoms in total. The van der Waals surface area contributed by atoms with Crippen LogP contribution >= 0.6 is 0 Å². The number of nitrogens with one attached hydrogen (secondary N) is 3. The third-order valence-electron chi connectivity index (χ3n) is 5.63. The topological polar surface area (TPSA) is 93.9 Å². The first-order valence-electron chi connectivity index (χ1n) is 9.53. The lowest BCUT2D eigenvalue weighted by Crippen LogP contribution is -2.37. The van der Waals surface area contributed by atoms with E-state index >= 15 is 0 Å². The molecule has 2 amide bonds. The summed E-state index contributed by atoms with van der Waals surface area (Å²) in [6.07, 6.45) is 1.02. The normalized spacial score (nSPS) is 13.6. The zero-order valence-corrected chi connectivity index (χ0v) is 16.7. The number of carbonyl (C=O) groups excluding carboxylic acids is 2. The van der Waals surface area contributed by atoms with Crippen molar-refractivity contribution < 1.29 is 9.59 Å². The van der Waals surface area contributed by atoms with Gasteiger partial charge in [0.2, 0.25) is 5.91 Å². The molecular formula is C21H25N5O2. The molecule has 0 saturated carbocycles. The highest BCUT2D eigenvalue weighted by molar-refractivity contribution is 5.94. The standard InChI is InChI=1S/C21H25N5O2/c1-11-7-12(2)19-15(8-11)14(13(3)23-19)9-18(27)26-6-5-17-16(10-26)20(25-24-17)21(28)22-4/h7-8,23H,5-6,9-10H2,1-4H3,(H,22,28)(H,24,25). The van der Waals surface area contributed by atoms with Gasteiger partial charge in [0.25, 0.3) is 5.91 Å². The summed E-state index contributed by atoms with van der Waals surface area (Å²) in [4.78, 5) is 30.4. The largest absolute Gasteiger partial charge is 0.358 e. The fourth-order valence-electron chi connectivity index (χ4n) is 4.14. The highest BCUT2D eigenvalue weighted by Gasteiger charge is 2.28. The maximum Gasteiger partial charge on any atom is 0.271 e. The quantitative estimate of drug-likeness (QED) is 0.652. The Balaban J connectivity index is 1.60. The Labute approximate surface area is 163 Å². The van der Waals surface area contributed by atoms with Crippen molar-refractivity contribution in [3.8, 4) is 0 Å². The summed E-state index contributed by atoms with van der Waals surface area (Å²) >= 11 is 0. The van der Waals surface area contributed by atoms with E-state index in [1.807, 2.05) is 11.8 Å². The number of rotatable bonds is 3. The molecule has 0 aliphatic carbocycles. The molecule has 3 aromatic rings. The van der Waals surface area contributed by atoms with E-state index in [1.165, 1.54) is 11.1 Å². The van der Waals surface area contributed by atoms with Crippen molar-refractivity contribution in [2.24, 2.45) is 0 Å². The van der Waals surface area contributed by atoms with Crippen molar-refractivity contribution in [3.05, 3.63) is 51.5 Å². The fourth-order valence-corrected chi connectivity index (χ4v) is 4.14. The van der Waals surface area contributed by atoms with Crippen molar-refractivity contribution in [2.45, 2.75) is 40.2 Å². The minimum Gasteiger partial charge on any atom is -0.358 e. The molecular weight excluding hydrogens is 354 g/mol. The molecule has 7 heteroatoms. The van der Waals surface area contributed by atoms with Crippen LogP contribution in [0.1, 0.15) is 44.1 Å². The minimum absolute atomic E-state index is 0.0675. The molecule has 28 heavy (non-hydrogen) atoms. The molecule has 1 aliphatic heterocycles. The van der Waals surface area contributed by atoms with Gasteiger partial charge in [0.05, 0.1) is 6.42 Å². The van der Waals surface area contributed by atoms with Crippen LogP contribution in [-0.2, 0) is 24.2 Å². The molecule has 0 atom stereocenters. The molecule has 0 radical (unpaired) electrons. The number of aromatic nitrogens is 3. The van der Waals surface area contributed by atoms with E-state index in [4.69, 9.17) is 0 Å². The van der Waals surface area contributed by atoms with Crippen LogP contribution in [0.25, 0.3) is 10.9 Å². The third kappa shape index (κ3) is 2.96. The summed E-state index contributed by atoms with van der Waals surface area (Å²) in [7, 11) is 1.58. The van der Waals surface area contributed by atoms with Crippen LogP contribution < -0.4 is 5.32 Å². The Morgan fingerprint density at radius 1 is 1.25 bits per heavy atom. The molecule has 2 aromatic heterocycles. The van der Waals surface area contributed by atoms with E-state index in [9.17, 15) is 9.59 Å². The maximum atomic E-state index is 13.1. The number of nitrogens with zero attached hydrogens (tertiary/aromatic N) is 2. The van der Waals surface area contributed by atoms with Gasteiger partial charge in [0.1, 0.15) is 0 Å². The minimum atomic E-state index is -0.231. The first-order chi connectivity index (χ1) is 13.4. The van der Waals surface area contributed by atoms with Crippen LogP contribution in [0.5, 0.6) is 0 Å². The average molecular weight is 379 g/mol. The van der Waals surface area contributed by atoms with E-state index in [0.717, 1.165) is 33.4 Å². The smallest absolute Gasteiger partial charge is 0.271 e. The molecule has 0 unspecified atom stereocenters. The molecule has 0 fully saturated rings. The second-order valence-electron chi connectivity index (χ2n) is 7.58. The number of carbonyl (C=O) groups is 2. The molecule has 3 N–H and O–H groups in total. The van der Waals surface area contributed by atoms with E-state index in [-0.39, 0.29) is 11.8 Å². The number of hydrogen-bond acceptors (Lipinski definition) is 3. The van der Waals surface area contributed by atoms with E-state index in [2.05, 4.69) is 46.5 Å². The number of benzene rings is 1.